The number of ketones is 1. The molecule has 1 saturated heterocycles. The highest BCUT2D eigenvalue weighted by Gasteiger charge is 2.37. The van der Waals surface area contributed by atoms with Crippen LogP contribution in [0.1, 0.15) is 54.1 Å². The number of carbonyl (C=O) groups excluding carboxylic acids is 2. The Kier molecular flexibility index (Phi) is 7.55. The van der Waals surface area contributed by atoms with E-state index in [1.54, 1.807) is 14.0 Å². The molecule has 1 N–H and O–H groups in total. The van der Waals surface area contributed by atoms with Crippen molar-refractivity contribution in [3.05, 3.63) is 47.0 Å². The van der Waals surface area contributed by atoms with E-state index in [2.05, 4.69) is 17.4 Å². The summed E-state index contributed by atoms with van der Waals surface area (Å²) >= 11 is 0. The summed E-state index contributed by atoms with van der Waals surface area (Å²) in [6.07, 6.45) is 4.51. The third-order valence-electron chi connectivity index (χ3n) is 6.42. The number of amides is 1. The van der Waals surface area contributed by atoms with Gasteiger partial charge in [0.25, 0.3) is 5.91 Å². The van der Waals surface area contributed by atoms with Gasteiger partial charge in [-0.1, -0.05) is 30.3 Å². The summed E-state index contributed by atoms with van der Waals surface area (Å²) in [5.74, 6) is 0.0740. The van der Waals surface area contributed by atoms with E-state index < -0.39 is 6.10 Å². The molecule has 0 aromatic heterocycles. The average molecular weight is 439 g/mol. The van der Waals surface area contributed by atoms with E-state index in [1.165, 1.54) is 5.56 Å². The van der Waals surface area contributed by atoms with Gasteiger partial charge in [0.15, 0.2) is 5.78 Å². The Morgan fingerprint density at radius 3 is 2.59 bits per heavy atom. The number of hydrogen-bond acceptors (Lipinski definition) is 5. The molecule has 1 aliphatic heterocycles. The number of nitrogens with one attached hydrogen (secondary N) is 1. The van der Waals surface area contributed by atoms with Crippen molar-refractivity contribution in [2.24, 2.45) is 0 Å². The zero-order valence-corrected chi connectivity index (χ0v) is 19.2. The van der Waals surface area contributed by atoms with Gasteiger partial charge in [0.05, 0.1) is 6.61 Å². The molecule has 172 valence electrons. The van der Waals surface area contributed by atoms with Gasteiger partial charge in [-0.2, -0.15) is 0 Å². The molecular weight excluding hydrogens is 404 g/mol. The molecule has 0 radical (unpaired) electrons. The summed E-state index contributed by atoms with van der Waals surface area (Å²) in [6.45, 7) is 4.70. The molecule has 6 nitrogen and oxygen atoms in total. The first-order valence-corrected chi connectivity index (χ1v) is 11.8. The van der Waals surface area contributed by atoms with Crippen molar-refractivity contribution in [3.63, 3.8) is 0 Å². The molecule has 0 spiro atoms. The maximum atomic E-state index is 13.3. The quantitative estimate of drug-likeness (QED) is 0.454. The summed E-state index contributed by atoms with van der Waals surface area (Å²) in [4.78, 5) is 28.0. The number of benzene rings is 2. The molecular formula is C26H34N2O4. The molecule has 2 aliphatic rings. The molecule has 1 atom stereocenters. The Bertz CT molecular complexity index is 964. The van der Waals surface area contributed by atoms with Crippen LogP contribution in [0.15, 0.2) is 30.3 Å². The van der Waals surface area contributed by atoms with Crippen LogP contribution in [0.3, 0.4) is 0 Å². The maximum Gasteiger partial charge on any atom is 0.253 e. The van der Waals surface area contributed by atoms with Crippen LogP contribution in [-0.4, -0.2) is 62.1 Å². The molecule has 2 aromatic rings. The van der Waals surface area contributed by atoms with Crippen molar-refractivity contribution in [1.82, 2.24) is 10.2 Å². The van der Waals surface area contributed by atoms with Gasteiger partial charge in [-0.25, -0.2) is 0 Å². The van der Waals surface area contributed by atoms with Crippen LogP contribution in [0.5, 0.6) is 0 Å². The van der Waals surface area contributed by atoms with Crippen LogP contribution in [0.4, 0.5) is 0 Å². The van der Waals surface area contributed by atoms with Crippen molar-refractivity contribution in [2.45, 2.75) is 57.7 Å². The molecule has 1 amide bonds. The number of morpholine rings is 1. The number of carbonyl (C=O) groups is 2. The number of hydrogen-bond donors (Lipinski definition) is 1. The van der Waals surface area contributed by atoms with Crippen LogP contribution in [0.2, 0.25) is 0 Å². The van der Waals surface area contributed by atoms with E-state index in [1.807, 2.05) is 23.1 Å². The number of Topliss-reactive ketones (excluding diaryl/α,β-unsaturated/α-hetero) is 1. The van der Waals surface area contributed by atoms with Gasteiger partial charge in [-0.3, -0.25) is 9.59 Å². The molecule has 32 heavy (non-hydrogen) atoms. The van der Waals surface area contributed by atoms with Crippen molar-refractivity contribution in [3.8, 4) is 0 Å². The Hall–Kier alpha value is -2.28. The Labute approximate surface area is 190 Å². The van der Waals surface area contributed by atoms with E-state index in [0.717, 1.165) is 67.2 Å². The summed E-state index contributed by atoms with van der Waals surface area (Å²) in [7, 11) is 1.73. The number of ether oxygens (including phenoxy) is 2. The third-order valence-corrected chi connectivity index (χ3v) is 6.42. The Morgan fingerprint density at radius 1 is 1.16 bits per heavy atom. The van der Waals surface area contributed by atoms with Gasteiger partial charge in [-0.05, 0) is 60.9 Å². The highest BCUT2D eigenvalue weighted by Crippen LogP contribution is 2.33. The van der Waals surface area contributed by atoms with Gasteiger partial charge in [0, 0.05) is 45.0 Å². The number of aryl methyl sites for hydroxylation is 1. The summed E-state index contributed by atoms with van der Waals surface area (Å²) < 4.78 is 11.0. The van der Waals surface area contributed by atoms with Gasteiger partial charge in [0.1, 0.15) is 6.10 Å². The van der Waals surface area contributed by atoms with Crippen LogP contribution in [0.25, 0.3) is 10.8 Å². The van der Waals surface area contributed by atoms with E-state index >= 15 is 0 Å². The first kappa shape index (κ1) is 22.9. The number of methoxy groups -OCH3 is 1. The summed E-state index contributed by atoms with van der Waals surface area (Å²) in [5, 5.41) is 5.37. The molecule has 4 rings (SSSR count). The molecule has 6 heteroatoms. The fourth-order valence-electron chi connectivity index (χ4n) is 4.69. The predicted molar refractivity (Wildman–Crippen MR) is 125 cm³/mol. The van der Waals surface area contributed by atoms with Crippen molar-refractivity contribution >= 4 is 22.5 Å². The second-order valence-electron chi connectivity index (χ2n) is 8.88. The fourth-order valence-corrected chi connectivity index (χ4v) is 4.69. The molecule has 2 aromatic carbocycles. The minimum atomic E-state index is -0.445. The molecule has 2 fully saturated rings. The summed E-state index contributed by atoms with van der Waals surface area (Å²) in [5.41, 5.74) is 2.92. The number of rotatable bonds is 10. The van der Waals surface area contributed by atoms with E-state index in [9.17, 15) is 9.59 Å². The first-order valence-electron chi connectivity index (χ1n) is 11.8. The van der Waals surface area contributed by atoms with Crippen molar-refractivity contribution < 1.29 is 19.1 Å². The van der Waals surface area contributed by atoms with Crippen LogP contribution in [-0.2, 0) is 27.2 Å². The average Bonchev–Trinajstić information content (AvgIpc) is 3.65. The monoisotopic (exact) mass is 438 g/mol. The lowest BCUT2D eigenvalue weighted by Crippen LogP contribution is -2.49. The molecule has 1 heterocycles. The second kappa shape index (κ2) is 10.6. The first-order chi connectivity index (χ1) is 15.6. The second-order valence-corrected chi connectivity index (χ2v) is 8.88. The van der Waals surface area contributed by atoms with Gasteiger partial charge < -0.3 is 19.7 Å². The maximum absolute atomic E-state index is 13.3. The van der Waals surface area contributed by atoms with Crippen LogP contribution < -0.4 is 5.32 Å². The van der Waals surface area contributed by atoms with Crippen LogP contribution >= 0.6 is 0 Å². The van der Waals surface area contributed by atoms with E-state index in [-0.39, 0.29) is 17.7 Å². The van der Waals surface area contributed by atoms with E-state index in [4.69, 9.17) is 9.47 Å². The zero-order valence-electron chi connectivity index (χ0n) is 19.2. The van der Waals surface area contributed by atoms with Crippen molar-refractivity contribution in [2.75, 3.05) is 33.4 Å². The zero-order chi connectivity index (χ0) is 22.5. The van der Waals surface area contributed by atoms with Gasteiger partial charge in [0.2, 0.25) is 0 Å². The minimum absolute atomic E-state index is 0.0315. The smallest absolute Gasteiger partial charge is 0.253 e. The Morgan fingerprint density at radius 2 is 1.94 bits per heavy atom. The molecule has 0 unspecified atom stereocenters. The van der Waals surface area contributed by atoms with Crippen molar-refractivity contribution in [1.29, 1.82) is 0 Å². The highest BCUT2D eigenvalue weighted by atomic mass is 16.5. The highest BCUT2D eigenvalue weighted by molar-refractivity contribution is 6.09. The van der Waals surface area contributed by atoms with Gasteiger partial charge >= 0.3 is 0 Å². The number of fused-ring (bicyclic) bond motifs is 1. The third kappa shape index (κ3) is 5.20. The lowest BCUT2D eigenvalue weighted by Gasteiger charge is -2.31. The Balaban J connectivity index is 1.68. The predicted octanol–water partition coefficient (Wildman–Crippen LogP) is 3.49. The van der Waals surface area contributed by atoms with E-state index in [0.29, 0.717) is 19.7 Å². The summed E-state index contributed by atoms with van der Waals surface area (Å²) in [6, 6.07) is 10.5. The fraction of sp³-hybridized carbons (Fsp3) is 0.538. The van der Waals surface area contributed by atoms with Gasteiger partial charge in [-0.15, -0.1) is 0 Å². The molecule has 0 bridgehead atoms. The number of nitrogens with zero attached hydrogens (tertiary/aromatic N) is 1. The minimum Gasteiger partial charge on any atom is -0.385 e. The topological polar surface area (TPSA) is 67.9 Å². The lowest BCUT2D eigenvalue weighted by molar-refractivity contribution is -0.146. The molecule has 1 saturated carbocycles. The SMILES string of the molecule is COCCCCc1cc(CN(C(=O)[C@H]2CNCCO2)C2CC2)c(C(C)=O)c2ccccc12. The van der Waals surface area contributed by atoms with Crippen LogP contribution in [0, 0.1) is 0 Å². The standard InChI is InChI=1S/C26H34N2O4/c1-18(29)25-20(17-28(21-10-11-21)26(30)24-16-27-12-14-32-24)15-19(7-5-6-13-31-2)22-8-3-4-9-23(22)25/h3-4,8-9,15,21,24,27H,5-7,10-14,16-17H2,1-2H3/t24-/m1/s1. The lowest BCUT2D eigenvalue weighted by atomic mass is 9.90. The largest absolute Gasteiger partial charge is 0.385 e. The normalized spacial score (nSPS) is 18.6. The number of unbranched alkanes of at least 4 members (excludes halogenated alkanes) is 1. The molecule has 1 aliphatic carbocycles.